The van der Waals surface area contributed by atoms with Gasteiger partial charge in [0.2, 0.25) is 0 Å². The minimum Gasteiger partial charge on any atom is -0.348 e. The molecule has 1 nitrogen and oxygen atoms in total. The van der Waals surface area contributed by atoms with E-state index in [0.717, 1.165) is 11.4 Å². The maximum atomic E-state index is 4.12. The maximum absolute atomic E-state index is 4.12. The van der Waals surface area contributed by atoms with Crippen LogP contribution in [0, 0.1) is 5.41 Å². The Morgan fingerprint density at radius 1 is 1.12 bits per heavy atom. The zero-order chi connectivity index (χ0) is 12.8. The summed E-state index contributed by atoms with van der Waals surface area (Å²) in [5, 5.41) is 0. The summed E-state index contributed by atoms with van der Waals surface area (Å²) in [5.41, 5.74) is 2.14. The summed E-state index contributed by atoms with van der Waals surface area (Å²) >= 11 is 0. The molecule has 0 atom stereocenters. The Hall–Kier alpha value is -1.50. The molecule has 0 aliphatic carbocycles. The first-order valence-electron chi connectivity index (χ1n) is 5.39. The van der Waals surface area contributed by atoms with E-state index < -0.39 is 0 Å². The van der Waals surface area contributed by atoms with E-state index in [0.29, 0.717) is 0 Å². The first-order valence-corrected chi connectivity index (χ1v) is 5.39. The summed E-state index contributed by atoms with van der Waals surface area (Å²) in [6.07, 6.45) is 9.39. The van der Waals surface area contributed by atoms with Crippen LogP contribution in [0.5, 0.6) is 0 Å². The highest BCUT2D eigenvalue weighted by molar-refractivity contribution is 5.26. The van der Waals surface area contributed by atoms with Crippen molar-refractivity contribution in [3.05, 3.63) is 61.5 Å². The van der Waals surface area contributed by atoms with Crippen molar-refractivity contribution in [1.82, 2.24) is 4.90 Å². The molecule has 0 aromatic rings. The minimum absolute atomic E-state index is 0.0546. The number of allylic oxidation sites excluding steroid dienone is 6. The Labute approximate surface area is 100 Å². The van der Waals surface area contributed by atoms with Crippen LogP contribution in [-0.4, -0.2) is 11.9 Å². The Morgan fingerprint density at radius 3 is 2.06 bits per heavy atom. The second-order valence-electron chi connectivity index (χ2n) is 4.67. The van der Waals surface area contributed by atoms with Crippen molar-refractivity contribution in [2.45, 2.75) is 20.8 Å². The molecule has 0 saturated heterocycles. The number of likely N-dealkylation sites (N-methyl/N-ethyl adjacent to an activating group) is 1. The molecule has 1 heteroatoms. The molecule has 0 saturated carbocycles. The molecule has 0 rings (SSSR count). The summed E-state index contributed by atoms with van der Waals surface area (Å²) in [5.74, 6) is 0. The van der Waals surface area contributed by atoms with Gasteiger partial charge in [0.1, 0.15) is 0 Å². The van der Waals surface area contributed by atoms with Gasteiger partial charge in [0.05, 0.1) is 0 Å². The van der Waals surface area contributed by atoms with Gasteiger partial charge in [-0.15, -0.1) is 0 Å². The van der Waals surface area contributed by atoms with Gasteiger partial charge < -0.3 is 4.90 Å². The van der Waals surface area contributed by atoms with E-state index in [-0.39, 0.29) is 5.41 Å². The molecule has 0 amide bonds. The predicted molar refractivity (Wildman–Crippen MR) is 74.0 cm³/mol. The summed E-state index contributed by atoms with van der Waals surface area (Å²) in [4.78, 5) is 2.06. The van der Waals surface area contributed by atoms with Crippen LogP contribution in [0.2, 0.25) is 0 Å². The van der Waals surface area contributed by atoms with Gasteiger partial charge >= 0.3 is 0 Å². The van der Waals surface area contributed by atoms with Crippen LogP contribution < -0.4 is 0 Å². The van der Waals surface area contributed by atoms with E-state index in [9.17, 15) is 0 Å². The second kappa shape index (κ2) is 6.16. The van der Waals surface area contributed by atoms with E-state index in [2.05, 4.69) is 45.4 Å². The highest BCUT2D eigenvalue weighted by Gasteiger charge is 2.19. The lowest BCUT2D eigenvalue weighted by Gasteiger charge is -2.32. The largest absolute Gasteiger partial charge is 0.348 e. The topological polar surface area (TPSA) is 3.24 Å². The van der Waals surface area contributed by atoms with Gasteiger partial charge in [-0.05, 0) is 12.2 Å². The van der Waals surface area contributed by atoms with Gasteiger partial charge in [0.15, 0.2) is 0 Å². The van der Waals surface area contributed by atoms with Crippen LogP contribution in [0.1, 0.15) is 20.8 Å². The number of hydrogen-bond donors (Lipinski definition) is 0. The SMILES string of the molecule is C=C/C=C\C=C(/C=C)N(C)C(=C)C(C)(C)C. The van der Waals surface area contributed by atoms with Gasteiger partial charge in [-0.2, -0.15) is 0 Å². The highest BCUT2D eigenvalue weighted by Crippen LogP contribution is 2.28. The summed E-state index contributed by atoms with van der Waals surface area (Å²) in [7, 11) is 2.00. The molecule has 88 valence electrons. The first-order chi connectivity index (χ1) is 7.34. The van der Waals surface area contributed by atoms with Crippen LogP contribution in [0.25, 0.3) is 0 Å². The number of nitrogens with zero attached hydrogens (tertiary/aromatic N) is 1. The monoisotopic (exact) mass is 217 g/mol. The fourth-order valence-corrected chi connectivity index (χ4v) is 1.21. The molecule has 0 fully saturated rings. The van der Waals surface area contributed by atoms with Crippen LogP contribution in [0.15, 0.2) is 61.5 Å². The van der Waals surface area contributed by atoms with Crippen LogP contribution in [0.4, 0.5) is 0 Å². The zero-order valence-electron chi connectivity index (χ0n) is 11.0. The molecule has 0 unspecified atom stereocenters. The van der Waals surface area contributed by atoms with Crippen molar-refractivity contribution in [3.63, 3.8) is 0 Å². The minimum atomic E-state index is 0.0546. The summed E-state index contributed by atoms with van der Waals surface area (Å²) in [6, 6.07) is 0. The molecule has 0 aromatic heterocycles. The van der Waals surface area contributed by atoms with Crippen molar-refractivity contribution >= 4 is 0 Å². The number of hydrogen-bond acceptors (Lipinski definition) is 1. The Balaban J connectivity index is 4.92. The third-order valence-corrected chi connectivity index (χ3v) is 2.38. The molecular formula is C15H23N. The van der Waals surface area contributed by atoms with E-state index >= 15 is 0 Å². The van der Waals surface area contributed by atoms with Gasteiger partial charge in [-0.3, -0.25) is 0 Å². The first kappa shape index (κ1) is 14.5. The highest BCUT2D eigenvalue weighted by atomic mass is 15.1. The van der Waals surface area contributed by atoms with Gasteiger partial charge in [-0.25, -0.2) is 0 Å². The molecular weight excluding hydrogens is 194 g/mol. The molecule has 0 spiro atoms. The maximum Gasteiger partial charge on any atom is 0.0399 e. The molecule has 0 aromatic carbocycles. The molecule has 0 N–H and O–H groups in total. The van der Waals surface area contributed by atoms with Crippen molar-refractivity contribution in [2.24, 2.45) is 5.41 Å². The summed E-state index contributed by atoms with van der Waals surface area (Å²) in [6.45, 7) is 18.0. The van der Waals surface area contributed by atoms with E-state index in [1.165, 1.54) is 0 Å². The van der Waals surface area contributed by atoms with Crippen LogP contribution in [-0.2, 0) is 0 Å². The predicted octanol–water partition coefficient (Wildman–Crippen LogP) is 4.29. The third-order valence-electron chi connectivity index (χ3n) is 2.38. The molecule has 0 aliphatic rings. The fraction of sp³-hybridized carbons (Fsp3) is 0.333. The fourth-order valence-electron chi connectivity index (χ4n) is 1.21. The Kier molecular flexibility index (Phi) is 5.59. The average Bonchev–Trinajstić information content (AvgIpc) is 2.21. The average molecular weight is 217 g/mol. The van der Waals surface area contributed by atoms with E-state index in [1.54, 1.807) is 6.08 Å². The van der Waals surface area contributed by atoms with Gasteiger partial charge in [0, 0.05) is 23.9 Å². The van der Waals surface area contributed by atoms with Crippen molar-refractivity contribution in [1.29, 1.82) is 0 Å². The molecule has 0 radical (unpaired) electrons. The van der Waals surface area contributed by atoms with Crippen LogP contribution in [0.3, 0.4) is 0 Å². The second-order valence-corrected chi connectivity index (χ2v) is 4.67. The molecule has 0 bridgehead atoms. The lowest BCUT2D eigenvalue weighted by molar-refractivity contribution is 0.367. The van der Waals surface area contributed by atoms with Crippen LogP contribution >= 0.6 is 0 Å². The van der Waals surface area contributed by atoms with Crippen molar-refractivity contribution < 1.29 is 0 Å². The number of rotatable bonds is 5. The molecule has 0 aliphatic heterocycles. The Bertz CT molecular complexity index is 324. The zero-order valence-corrected chi connectivity index (χ0v) is 11.0. The van der Waals surface area contributed by atoms with Gasteiger partial charge in [0.25, 0.3) is 0 Å². The van der Waals surface area contributed by atoms with Gasteiger partial charge in [-0.1, -0.05) is 58.7 Å². The third kappa shape index (κ3) is 4.35. The van der Waals surface area contributed by atoms with E-state index in [1.807, 2.05) is 31.4 Å². The summed E-state index contributed by atoms with van der Waals surface area (Å²) < 4.78 is 0. The Morgan fingerprint density at radius 2 is 1.69 bits per heavy atom. The quantitative estimate of drug-likeness (QED) is 0.621. The standard InChI is InChI=1S/C15H23N/c1-8-10-11-12-14(9-2)16(7)13(3)15(4,5)6/h8-12H,1-3H2,4-7H3/b11-10-,14-12+. The van der Waals surface area contributed by atoms with E-state index in [4.69, 9.17) is 0 Å². The normalized spacial score (nSPS) is 12.6. The van der Waals surface area contributed by atoms with Crippen molar-refractivity contribution in [2.75, 3.05) is 7.05 Å². The lowest BCUT2D eigenvalue weighted by Crippen LogP contribution is -2.24. The molecule has 16 heavy (non-hydrogen) atoms. The molecule has 0 heterocycles. The lowest BCUT2D eigenvalue weighted by atomic mass is 9.92. The smallest absolute Gasteiger partial charge is 0.0399 e. The van der Waals surface area contributed by atoms with Crippen molar-refractivity contribution in [3.8, 4) is 0 Å².